The van der Waals surface area contributed by atoms with Crippen LogP contribution in [0.4, 0.5) is 0 Å². The predicted octanol–water partition coefficient (Wildman–Crippen LogP) is 6.92. The van der Waals surface area contributed by atoms with Gasteiger partial charge in [-0.3, -0.25) is 6.08 Å². The normalized spacial score (nSPS) is 16.1. The molecule has 0 heterocycles. The molecular weight excluding hydrogens is 379 g/mol. The van der Waals surface area contributed by atoms with Crippen molar-refractivity contribution in [1.82, 2.24) is 0 Å². The fraction of sp³-hybridized carbons (Fsp3) is 0.292. The molecule has 0 N–H and O–H groups in total. The Morgan fingerprint density at radius 3 is 1.76 bits per heavy atom. The third-order valence-electron chi connectivity index (χ3n) is 4.68. The van der Waals surface area contributed by atoms with Crippen molar-refractivity contribution in [2.45, 2.75) is 27.7 Å². The Bertz CT molecular complexity index is 827. The molecule has 0 bridgehead atoms. The predicted molar refractivity (Wildman–Crippen MR) is 106 cm³/mol. The van der Waals surface area contributed by atoms with E-state index in [1.807, 2.05) is 0 Å². The Kier molecular flexibility index (Phi) is 7.08. The van der Waals surface area contributed by atoms with Gasteiger partial charge in [0.05, 0.1) is 0 Å². The van der Waals surface area contributed by atoms with Gasteiger partial charge in [0.25, 0.3) is 0 Å². The number of fused-ring (bicyclic) bond motifs is 3. The Morgan fingerprint density at radius 2 is 1.36 bits per heavy atom. The summed E-state index contributed by atoms with van der Waals surface area (Å²) < 4.78 is 0. The second kappa shape index (κ2) is 8.86. The Morgan fingerprint density at radius 1 is 0.840 bits per heavy atom. The Balaban J connectivity index is 0.000000176. The molecule has 0 saturated carbocycles. The molecule has 1 heteroatoms. The van der Waals surface area contributed by atoms with Crippen LogP contribution in [0.25, 0.3) is 21.5 Å². The molecule has 126 valence electrons. The maximum atomic E-state index is 3.50. The minimum Gasteiger partial charge on any atom is -0.266 e. The van der Waals surface area contributed by atoms with Gasteiger partial charge in [0.2, 0.25) is 0 Å². The summed E-state index contributed by atoms with van der Waals surface area (Å²) in [5.74, 6) is 1.89. The summed E-state index contributed by atoms with van der Waals surface area (Å²) >= 11 is 0. The van der Waals surface area contributed by atoms with Gasteiger partial charge in [-0.1, -0.05) is 81.8 Å². The zero-order valence-corrected chi connectivity index (χ0v) is 18.0. The fourth-order valence-electron chi connectivity index (χ4n) is 3.15. The molecule has 0 aromatic heterocycles. The van der Waals surface area contributed by atoms with Gasteiger partial charge in [0, 0.05) is 0 Å². The first-order valence-electron chi connectivity index (χ1n) is 8.91. The van der Waals surface area contributed by atoms with Crippen molar-refractivity contribution in [3.63, 3.8) is 0 Å². The molecule has 1 aliphatic rings. The maximum Gasteiger partial charge on any atom is 2.00 e. The SMILES string of the molecule is CC(C)C1=[C-]C(C(C)C)C=C1.[Zr+2].c1ccc2c(c1)[cH-]c1ccccc12. The van der Waals surface area contributed by atoms with Gasteiger partial charge in [-0.2, -0.15) is 6.08 Å². The summed E-state index contributed by atoms with van der Waals surface area (Å²) in [6, 6.07) is 19.3. The summed E-state index contributed by atoms with van der Waals surface area (Å²) in [6.45, 7) is 8.92. The molecule has 4 rings (SSSR count). The summed E-state index contributed by atoms with van der Waals surface area (Å²) in [5.41, 5.74) is 1.38. The Labute approximate surface area is 171 Å². The molecule has 1 aliphatic carbocycles. The molecule has 1 unspecified atom stereocenters. The van der Waals surface area contributed by atoms with Gasteiger partial charge in [0.1, 0.15) is 0 Å². The molecule has 0 spiro atoms. The van der Waals surface area contributed by atoms with E-state index in [0.29, 0.717) is 17.8 Å². The third-order valence-corrected chi connectivity index (χ3v) is 4.68. The molecule has 0 amide bonds. The molecule has 1 atom stereocenters. The number of hydrogen-bond donors (Lipinski definition) is 0. The molecule has 0 radical (unpaired) electrons. The summed E-state index contributed by atoms with van der Waals surface area (Å²) in [7, 11) is 0. The van der Waals surface area contributed by atoms with Crippen molar-refractivity contribution in [3.8, 4) is 0 Å². The minimum atomic E-state index is 0. The van der Waals surface area contributed by atoms with E-state index >= 15 is 0 Å². The standard InChI is InChI=1S/C13H9.C11H17.Zr/c1-3-7-12-10(5-1)9-11-6-2-4-8-13(11)12;1-8(2)10-5-6-11(7-10)9(3)4;/h1-9H;5-6,8-10H,1-4H3;/q2*-1;+2. The van der Waals surface area contributed by atoms with E-state index in [4.69, 9.17) is 0 Å². The summed E-state index contributed by atoms with van der Waals surface area (Å²) in [5, 5.41) is 5.39. The zero-order chi connectivity index (χ0) is 17.1. The van der Waals surface area contributed by atoms with Crippen molar-refractivity contribution in [2.75, 3.05) is 0 Å². The van der Waals surface area contributed by atoms with Crippen molar-refractivity contribution in [2.24, 2.45) is 17.8 Å². The van der Waals surface area contributed by atoms with Gasteiger partial charge >= 0.3 is 26.2 Å². The van der Waals surface area contributed by atoms with Crippen LogP contribution in [0, 0.1) is 23.8 Å². The number of hydrogen-bond acceptors (Lipinski definition) is 0. The largest absolute Gasteiger partial charge is 2.00 e. The van der Waals surface area contributed by atoms with Crippen LogP contribution >= 0.6 is 0 Å². The molecule has 0 aliphatic heterocycles. The topological polar surface area (TPSA) is 0 Å². The molecule has 3 aromatic rings. The van der Waals surface area contributed by atoms with Crippen LogP contribution in [0.5, 0.6) is 0 Å². The summed E-state index contributed by atoms with van der Waals surface area (Å²) in [6.07, 6.45) is 7.98. The maximum absolute atomic E-state index is 3.50. The third kappa shape index (κ3) is 4.65. The first-order chi connectivity index (χ1) is 11.6. The van der Waals surface area contributed by atoms with Crippen molar-refractivity contribution < 1.29 is 26.2 Å². The number of benzene rings is 2. The molecular formula is C24H26Zr. The van der Waals surface area contributed by atoms with Gasteiger partial charge in [0.15, 0.2) is 0 Å². The van der Waals surface area contributed by atoms with Crippen LogP contribution in [0.1, 0.15) is 27.7 Å². The van der Waals surface area contributed by atoms with Crippen molar-refractivity contribution >= 4 is 21.5 Å². The molecule has 3 aromatic carbocycles. The van der Waals surface area contributed by atoms with E-state index in [9.17, 15) is 0 Å². The van der Waals surface area contributed by atoms with E-state index in [1.165, 1.54) is 27.1 Å². The average Bonchev–Trinajstić information content (AvgIpc) is 3.20. The Hall–Kier alpha value is -1.33. The van der Waals surface area contributed by atoms with Crippen LogP contribution in [-0.2, 0) is 26.2 Å². The van der Waals surface area contributed by atoms with Gasteiger partial charge in [-0.05, 0) is 0 Å². The van der Waals surface area contributed by atoms with Gasteiger partial charge in [-0.25, -0.2) is 11.6 Å². The monoisotopic (exact) mass is 404 g/mol. The van der Waals surface area contributed by atoms with Crippen molar-refractivity contribution in [3.05, 3.63) is 78.4 Å². The van der Waals surface area contributed by atoms with E-state index in [-0.39, 0.29) is 26.2 Å². The average molecular weight is 406 g/mol. The van der Waals surface area contributed by atoms with Crippen LogP contribution in [0.3, 0.4) is 0 Å². The number of allylic oxidation sites excluding steroid dienone is 4. The zero-order valence-electron chi connectivity index (χ0n) is 15.6. The molecule has 0 fully saturated rings. The first-order valence-corrected chi connectivity index (χ1v) is 8.91. The van der Waals surface area contributed by atoms with Crippen LogP contribution < -0.4 is 0 Å². The van der Waals surface area contributed by atoms with E-state index in [0.717, 1.165) is 0 Å². The van der Waals surface area contributed by atoms with E-state index in [2.05, 4.69) is 101 Å². The quantitative estimate of drug-likeness (QED) is 0.406. The van der Waals surface area contributed by atoms with Gasteiger partial charge in [-0.15, -0.1) is 39.7 Å². The fourth-order valence-corrected chi connectivity index (χ4v) is 3.15. The van der Waals surface area contributed by atoms with E-state index in [1.54, 1.807) is 0 Å². The molecule has 0 saturated heterocycles. The molecule has 0 nitrogen and oxygen atoms in total. The smallest absolute Gasteiger partial charge is 0.266 e. The van der Waals surface area contributed by atoms with Gasteiger partial charge < -0.3 is 0 Å². The number of rotatable bonds is 2. The second-order valence-corrected chi connectivity index (χ2v) is 7.20. The minimum absolute atomic E-state index is 0. The second-order valence-electron chi connectivity index (χ2n) is 7.20. The van der Waals surface area contributed by atoms with Crippen LogP contribution in [-0.4, -0.2) is 0 Å². The molecule has 25 heavy (non-hydrogen) atoms. The first kappa shape index (κ1) is 20.0. The van der Waals surface area contributed by atoms with Crippen LogP contribution in [0.2, 0.25) is 0 Å². The van der Waals surface area contributed by atoms with Crippen molar-refractivity contribution in [1.29, 1.82) is 0 Å². The van der Waals surface area contributed by atoms with E-state index < -0.39 is 0 Å². The van der Waals surface area contributed by atoms with Crippen LogP contribution in [0.15, 0.2) is 72.3 Å². The summed E-state index contributed by atoms with van der Waals surface area (Å²) in [4.78, 5) is 0.